The molecule has 0 rings (SSSR count). The second-order valence-electron chi connectivity index (χ2n) is 2.91. The zero-order valence-corrected chi connectivity index (χ0v) is 15.3. The van der Waals surface area contributed by atoms with Gasteiger partial charge in [-0.2, -0.15) is 0 Å². The lowest BCUT2D eigenvalue weighted by Gasteiger charge is -1.95. The summed E-state index contributed by atoms with van der Waals surface area (Å²) in [5, 5.41) is 40.9. The van der Waals surface area contributed by atoms with Crippen molar-refractivity contribution in [3.05, 3.63) is 0 Å². The van der Waals surface area contributed by atoms with Gasteiger partial charge in [-0.25, -0.2) is 0 Å². The van der Waals surface area contributed by atoms with E-state index in [2.05, 4.69) is 5.32 Å². The lowest BCUT2D eigenvalue weighted by molar-refractivity contribution is 0.318. The van der Waals surface area contributed by atoms with Gasteiger partial charge in [-0.3, -0.25) is 0 Å². The minimum Gasteiger partial charge on any atom is -0.397 e. The average molecular weight is 334 g/mol. The highest BCUT2D eigenvalue weighted by Gasteiger charge is 1.76. The fourth-order valence-electron chi connectivity index (χ4n) is 0.329. The molecular formula is C14H43N3O5. The summed E-state index contributed by atoms with van der Waals surface area (Å²) < 4.78 is 0. The van der Waals surface area contributed by atoms with Crippen molar-refractivity contribution in [2.75, 3.05) is 59.2 Å². The summed E-state index contributed by atoms with van der Waals surface area (Å²) in [5.74, 6) is 0. The van der Waals surface area contributed by atoms with Crippen LogP contribution in [-0.2, 0) is 0 Å². The molecule has 8 nitrogen and oxygen atoms in total. The van der Waals surface area contributed by atoms with E-state index in [1.807, 2.05) is 0 Å². The van der Waals surface area contributed by atoms with Crippen molar-refractivity contribution in [2.45, 2.75) is 34.6 Å². The fraction of sp³-hybridized carbons (Fsp3) is 1.00. The highest BCUT2D eigenvalue weighted by molar-refractivity contribution is 4.45. The third-order valence-corrected chi connectivity index (χ3v) is 0.642. The van der Waals surface area contributed by atoms with Crippen LogP contribution in [0.3, 0.4) is 0 Å². The first kappa shape index (κ1) is 37.7. The summed E-state index contributed by atoms with van der Waals surface area (Å²) in [4.78, 5) is 0. The molecule has 0 aromatic carbocycles. The molecule has 8 heteroatoms. The molecule has 0 aliphatic carbocycles. The van der Waals surface area contributed by atoms with Crippen LogP contribution in [0.2, 0.25) is 0 Å². The molecule has 0 radical (unpaired) electrons. The summed E-state index contributed by atoms with van der Waals surface area (Å²) in [6.45, 7) is 12.8. The Hall–Kier alpha value is -0.320. The van der Waals surface area contributed by atoms with Crippen molar-refractivity contribution < 1.29 is 25.5 Å². The van der Waals surface area contributed by atoms with Gasteiger partial charge in [-0.05, 0) is 34.6 Å². The number of hydrogen-bond donors (Lipinski definition) is 8. The van der Waals surface area contributed by atoms with Crippen LogP contribution in [0.5, 0.6) is 0 Å². The summed E-state index contributed by atoms with van der Waals surface area (Å²) >= 11 is 0. The molecule has 0 atom stereocenters. The van der Waals surface area contributed by atoms with Crippen LogP contribution in [0.25, 0.3) is 0 Å². The van der Waals surface area contributed by atoms with Gasteiger partial charge in [0.05, 0.1) is 0 Å². The predicted octanol–water partition coefficient (Wildman–Crippen LogP) is -1.51. The molecule has 10 N–H and O–H groups in total. The largest absolute Gasteiger partial charge is 0.397 e. The molecule has 0 saturated heterocycles. The lowest BCUT2D eigenvalue weighted by atomic mass is 10.6. The fourth-order valence-corrected chi connectivity index (χ4v) is 0.329. The van der Waals surface area contributed by atoms with Crippen molar-refractivity contribution in [2.24, 2.45) is 11.5 Å². The van der Waals surface area contributed by atoms with E-state index in [9.17, 15) is 0 Å². The zero-order valence-electron chi connectivity index (χ0n) is 15.3. The van der Waals surface area contributed by atoms with E-state index in [0.717, 1.165) is 13.1 Å². The third kappa shape index (κ3) is 507. The van der Waals surface area contributed by atoms with Gasteiger partial charge in [-0.1, -0.05) is 0 Å². The number of nitrogens with two attached hydrogens (primary N) is 2. The highest BCUT2D eigenvalue weighted by atomic mass is 16.3. The Kier molecular flexibility index (Phi) is 147. The second-order valence-corrected chi connectivity index (χ2v) is 2.91. The van der Waals surface area contributed by atoms with Crippen molar-refractivity contribution in [3.63, 3.8) is 0 Å². The van der Waals surface area contributed by atoms with E-state index in [0.29, 0.717) is 13.1 Å². The Labute approximate surface area is 137 Å². The van der Waals surface area contributed by atoms with Crippen molar-refractivity contribution >= 4 is 0 Å². The van der Waals surface area contributed by atoms with Crippen LogP contribution in [0.15, 0.2) is 0 Å². The minimum absolute atomic E-state index is 0.250. The standard InChI is InChI=1S/C4H13N3.5C2H6O/c5-1-3-7-4-2-6;5*1-2-3/h7H,1-6H2;5*3H,2H2,1H3. The Morgan fingerprint density at radius 3 is 0.773 bits per heavy atom. The van der Waals surface area contributed by atoms with Crippen LogP contribution < -0.4 is 16.8 Å². The van der Waals surface area contributed by atoms with Gasteiger partial charge in [0, 0.05) is 59.2 Å². The molecule has 0 unspecified atom stereocenters. The lowest BCUT2D eigenvalue weighted by Crippen LogP contribution is -2.27. The van der Waals surface area contributed by atoms with E-state index >= 15 is 0 Å². The monoisotopic (exact) mass is 333 g/mol. The first-order valence-electron chi connectivity index (χ1n) is 7.64. The van der Waals surface area contributed by atoms with E-state index in [1.54, 1.807) is 34.6 Å². The van der Waals surface area contributed by atoms with Crippen molar-refractivity contribution in [1.29, 1.82) is 0 Å². The molecule has 0 aliphatic heterocycles. The summed E-state index contributed by atoms with van der Waals surface area (Å²) in [6, 6.07) is 0. The third-order valence-electron chi connectivity index (χ3n) is 0.642. The second kappa shape index (κ2) is 85.5. The minimum atomic E-state index is 0.250. The van der Waals surface area contributed by atoms with Crippen molar-refractivity contribution in [3.8, 4) is 0 Å². The number of nitrogens with one attached hydrogen (secondary N) is 1. The number of aliphatic hydroxyl groups excluding tert-OH is 5. The Morgan fingerprint density at radius 2 is 0.682 bits per heavy atom. The Balaban J connectivity index is -0.0000000371. The van der Waals surface area contributed by atoms with Gasteiger partial charge in [0.2, 0.25) is 0 Å². The van der Waals surface area contributed by atoms with Gasteiger partial charge >= 0.3 is 0 Å². The topological polar surface area (TPSA) is 165 Å². The normalized spacial score (nSPS) is 7.09. The summed E-state index contributed by atoms with van der Waals surface area (Å²) in [5.41, 5.74) is 10.3. The van der Waals surface area contributed by atoms with Crippen LogP contribution in [0.1, 0.15) is 34.6 Å². The summed E-state index contributed by atoms with van der Waals surface area (Å²) in [7, 11) is 0. The predicted molar refractivity (Wildman–Crippen MR) is 94.8 cm³/mol. The molecule has 0 spiro atoms. The molecule has 0 fully saturated rings. The van der Waals surface area contributed by atoms with Crippen LogP contribution in [0.4, 0.5) is 0 Å². The van der Waals surface area contributed by atoms with Gasteiger partial charge < -0.3 is 42.3 Å². The maximum Gasteiger partial charge on any atom is 0.0402 e. The summed E-state index contributed by atoms with van der Waals surface area (Å²) in [6.07, 6.45) is 0. The van der Waals surface area contributed by atoms with E-state index in [4.69, 9.17) is 37.0 Å². The Morgan fingerprint density at radius 1 is 0.545 bits per heavy atom. The van der Waals surface area contributed by atoms with Crippen LogP contribution in [-0.4, -0.2) is 84.7 Å². The molecule has 0 aromatic heterocycles. The molecule has 0 aromatic rings. The first-order valence-corrected chi connectivity index (χ1v) is 7.64. The molecule has 0 saturated carbocycles. The highest BCUT2D eigenvalue weighted by Crippen LogP contribution is 1.49. The van der Waals surface area contributed by atoms with Crippen LogP contribution in [0, 0.1) is 0 Å². The quantitative estimate of drug-likeness (QED) is 0.287. The van der Waals surface area contributed by atoms with Crippen molar-refractivity contribution in [1.82, 2.24) is 5.32 Å². The molecule has 0 aliphatic rings. The molecule has 0 heterocycles. The molecule has 0 bridgehead atoms. The molecular weight excluding hydrogens is 290 g/mol. The van der Waals surface area contributed by atoms with E-state index in [1.165, 1.54) is 0 Å². The smallest absolute Gasteiger partial charge is 0.0402 e. The first-order chi connectivity index (χ1) is 10.5. The number of aliphatic hydroxyl groups is 5. The molecule has 22 heavy (non-hydrogen) atoms. The van der Waals surface area contributed by atoms with Crippen LogP contribution >= 0.6 is 0 Å². The van der Waals surface area contributed by atoms with E-state index in [-0.39, 0.29) is 33.0 Å². The van der Waals surface area contributed by atoms with Gasteiger partial charge in [-0.15, -0.1) is 0 Å². The van der Waals surface area contributed by atoms with Gasteiger partial charge in [0.1, 0.15) is 0 Å². The average Bonchev–Trinajstić information content (AvgIpc) is 2.44. The number of rotatable bonds is 4. The SMILES string of the molecule is CCO.CCO.CCO.CCO.CCO.NCCNCCN. The maximum absolute atomic E-state index is 7.57. The van der Waals surface area contributed by atoms with Gasteiger partial charge in [0.15, 0.2) is 0 Å². The molecule has 0 amide bonds. The zero-order chi connectivity index (χ0) is 19.1. The van der Waals surface area contributed by atoms with Gasteiger partial charge in [0.25, 0.3) is 0 Å². The Bertz CT molecular complexity index is 79.3. The molecule has 144 valence electrons. The maximum atomic E-state index is 7.57. The number of hydrogen-bond acceptors (Lipinski definition) is 8. The van der Waals surface area contributed by atoms with E-state index < -0.39 is 0 Å².